The molecule has 2 bridgehead atoms. The van der Waals surface area contributed by atoms with Gasteiger partial charge in [-0.3, -0.25) is 9.59 Å². The molecule has 1 aromatic heterocycles. The van der Waals surface area contributed by atoms with Gasteiger partial charge in [-0.25, -0.2) is 0 Å². The van der Waals surface area contributed by atoms with Crippen LogP contribution in [-0.4, -0.2) is 28.0 Å². The zero-order chi connectivity index (χ0) is 16.3. The molecule has 1 saturated carbocycles. The van der Waals surface area contributed by atoms with Crippen molar-refractivity contribution in [2.45, 2.75) is 12.8 Å². The summed E-state index contributed by atoms with van der Waals surface area (Å²) in [4.78, 5) is 28.6. The number of rotatable bonds is 2. The summed E-state index contributed by atoms with van der Waals surface area (Å²) in [7, 11) is 0. The van der Waals surface area contributed by atoms with Crippen LogP contribution in [0.25, 0.3) is 10.9 Å². The van der Waals surface area contributed by atoms with Gasteiger partial charge in [0.1, 0.15) is 0 Å². The Morgan fingerprint density at radius 1 is 1.04 bits per heavy atom. The molecule has 1 saturated heterocycles. The highest BCUT2D eigenvalue weighted by molar-refractivity contribution is 6.07. The third-order valence-corrected chi connectivity index (χ3v) is 5.67. The molecule has 24 heavy (non-hydrogen) atoms. The third kappa shape index (κ3) is 1.78. The summed E-state index contributed by atoms with van der Waals surface area (Å²) in [5.41, 5.74) is 1.89. The minimum Gasteiger partial charge on any atom is -0.361 e. The van der Waals surface area contributed by atoms with Gasteiger partial charge in [-0.1, -0.05) is 30.4 Å². The monoisotopic (exact) mass is 319 g/mol. The number of hydrogen-bond donors (Lipinski definition) is 1. The zero-order valence-electron chi connectivity index (χ0n) is 13.1. The molecule has 2 fully saturated rings. The Kier molecular flexibility index (Phi) is 2.80. The second-order valence-corrected chi connectivity index (χ2v) is 6.86. The van der Waals surface area contributed by atoms with Gasteiger partial charge in [-0.15, -0.1) is 0 Å². The highest BCUT2D eigenvalue weighted by Gasteiger charge is 2.56. The maximum Gasteiger partial charge on any atom is 0.254 e. The molecule has 6 rings (SSSR count). The first-order valence-electron chi connectivity index (χ1n) is 8.40. The lowest BCUT2D eigenvalue weighted by atomic mass is 9.63. The number of hydrazone groups is 1. The van der Waals surface area contributed by atoms with Crippen molar-refractivity contribution in [1.82, 2.24) is 9.99 Å². The van der Waals surface area contributed by atoms with E-state index in [1.54, 1.807) is 6.21 Å². The lowest BCUT2D eigenvalue weighted by Gasteiger charge is -2.37. The molecule has 2 heterocycles. The number of carbonyl (C=O) groups is 2. The number of imide groups is 1. The zero-order valence-corrected chi connectivity index (χ0v) is 13.1. The number of hydrogen-bond acceptors (Lipinski definition) is 3. The minimum atomic E-state index is -0.207. The van der Waals surface area contributed by atoms with E-state index in [4.69, 9.17) is 0 Å². The van der Waals surface area contributed by atoms with E-state index in [1.807, 2.05) is 30.5 Å². The lowest BCUT2D eigenvalue weighted by molar-refractivity contribution is -0.140. The van der Waals surface area contributed by atoms with Crippen LogP contribution in [0.4, 0.5) is 0 Å². The number of H-pyrrole nitrogens is 1. The predicted octanol–water partition coefficient (Wildman–Crippen LogP) is 2.70. The summed E-state index contributed by atoms with van der Waals surface area (Å²) in [6.45, 7) is 0. The molecule has 1 aliphatic heterocycles. The smallest absolute Gasteiger partial charge is 0.254 e. The number of para-hydroxylation sites is 1. The predicted molar refractivity (Wildman–Crippen MR) is 90.1 cm³/mol. The van der Waals surface area contributed by atoms with Crippen molar-refractivity contribution < 1.29 is 9.59 Å². The number of aromatic amines is 1. The van der Waals surface area contributed by atoms with E-state index in [1.165, 1.54) is 0 Å². The van der Waals surface area contributed by atoms with Crippen LogP contribution >= 0.6 is 0 Å². The van der Waals surface area contributed by atoms with Crippen molar-refractivity contribution in [3.05, 3.63) is 48.2 Å². The summed E-state index contributed by atoms with van der Waals surface area (Å²) in [6.07, 6.45) is 9.70. The standard InChI is InChI=1S/C19H17N3O2/c23-18-16-11-5-6-12(8-7-11)17(16)19(24)22(18)21-10-13-9-20-15-4-2-1-3-14(13)15/h1-6,9-12,16-17,20H,7-8H2/b21-10+. The molecule has 3 aliphatic carbocycles. The van der Waals surface area contributed by atoms with E-state index in [0.29, 0.717) is 0 Å². The second-order valence-electron chi connectivity index (χ2n) is 6.86. The van der Waals surface area contributed by atoms with Crippen LogP contribution in [-0.2, 0) is 9.59 Å². The van der Waals surface area contributed by atoms with Gasteiger partial charge >= 0.3 is 0 Å². The fraction of sp³-hybridized carbons (Fsp3) is 0.316. The molecule has 120 valence electrons. The molecule has 1 N–H and O–H groups in total. The molecular formula is C19H17N3O2. The number of nitrogens with zero attached hydrogens (tertiary/aromatic N) is 2. The van der Waals surface area contributed by atoms with E-state index in [0.717, 1.165) is 34.3 Å². The van der Waals surface area contributed by atoms with Crippen LogP contribution in [0.1, 0.15) is 18.4 Å². The molecule has 4 aliphatic rings. The Morgan fingerprint density at radius 3 is 2.38 bits per heavy atom. The quantitative estimate of drug-likeness (QED) is 0.525. The van der Waals surface area contributed by atoms with Crippen LogP contribution < -0.4 is 0 Å². The number of fused-ring (bicyclic) bond motifs is 2. The van der Waals surface area contributed by atoms with Crippen LogP contribution in [0.3, 0.4) is 0 Å². The largest absolute Gasteiger partial charge is 0.361 e. The number of nitrogens with one attached hydrogen (secondary N) is 1. The van der Waals surface area contributed by atoms with Gasteiger partial charge in [0, 0.05) is 22.7 Å². The first kappa shape index (κ1) is 13.7. The topological polar surface area (TPSA) is 65.5 Å². The minimum absolute atomic E-state index is 0.139. The summed E-state index contributed by atoms with van der Waals surface area (Å²) in [6, 6.07) is 7.89. The van der Waals surface area contributed by atoms with Gasteiger partial charge < -0.3 is 4.98 Å². The highest BCUT2D eigenvalue weighted by atomic mass is 16.2. The normalized spacial score (nSPS) is 31.6. The molecule has 4 unspecified atom stereocenters. The van der Waals surface area contributed by atoms with Crippen LogP contribution in [0.2, 0.25) is 0 Å². The maximum absolute atomic E-state index is 12.7. The number of carbonyl (C=O) groups excluding carboxylic acids is 2. The second kappa shape index (κ2) is 4.90. The average molecular weight is 319 g/mol. The van der Waals surface area contributed by atoms with E-state index < -0.39 is 0 Å². The third-order valence-electron chi connectivity index (χ3n) is 5.67. The molecule has 0 radical (unpaired) electrons. The van der Waals surface area contributed by atoms with Gasteiger partial charge in [-0.05, 0) is 30.7 Å². The number of allylic oxidation sites excluding steroid dienone is 2. The Balaban J connectivity index is 1.48. The molecule has 0 spiro atoms. The SMILES string of the molecule is O=C1C2C3C=CC(CC3)C2C(=O)N1/N=C/c1c[nH]c2ccccc12. The van der Waals surface area contributed by atoms with Crippen LogP contribution in [0.15, 0.2) is 47.7 Å². The van der Waals surface area contributed by atoms with Crippen molar-refractivity contribution in [2.75, 3.05) is 0 Å². The van der Waals surface area contributed by atoms with E-state index in [2.05, 4.69) is 22.2 Å². The van der Waals surface area contributed by atoms with Crippen molar-refractivity contribution >= 4 is 28.9 Å². The summed E-state index contributed by atoms with van der Waals surface area (Å²) in [5, 5.41) is 6.39. The molecular weight excluding hydrogens is 302 g/mol. The van der Waals surface area contributed by atoms with E-state index in [9.17, 15) is 9.59 Å². The van der Waals surface area contributed by atoms with Gasteiger partial charge in [0.05, 0.1) is 18.1 Å². The van der Waals surface area contributed by atoms with Crippen LogP contribution in [0, 0.1) is 23.7 Å². The van der Waals surface area contributed by atoms with E-state index >= 15 is 0 Å². The molecule has 2 aromatic rings. The van der Waals surface area contributed by atoms with Crippen molar-refractivity contribution in [3.63, 3.8) is 0 Å². The maximum atomic E-state index is 12.7. The summed E-state index contributed by atoms with van der Waals surface area (Å²) < 4.78 is 0. The first-order chi connectivity index (χ1) is 11.7. The van der Waals surface area contributed by atoms with Crippen molar-refractivity contribution in [3.8, 4) is 0 Å². The van der Waals surface area contributed by atoms with Gasteiger partial charge in [0.2, 0.25) is 0 Å². The molecule has 2 amide bonds. The van der Waals surface area contributed by atoms with Gasteiger partial charge in [0.25, 0.3) is 11.8 Å². The number of benzene rings is 1. The first-order valence-corrected chi connectivity index (χ1v) is 8.40. The Labute approximate surface area is 139 Å². The molecule has 5 nitrogen and oxygen atoms in total. The molecule has 4 atom stereocenters. The van der Waals surface area contributed by atoms with Gasteiger partial charge in [-0.2, -0.15) is 10.1 Å². The fourth-order valence-electron chi connectivity index (χ4n) is 4.49. The highest BCUT2D eigenvalue weighted by Crippen LogP contribution is 2.49. The summed E-state index contributed by atoms with van der Waals surface area (Å²) in [5.74, 6) is -0.294. The Morgan fingerprint density at radius 2 is 1.71 bits per heavy atom. The average Bonchev–Trinajstić information content (AvgIpc) is 3.15. The van der Waals surface area contributed by atoms with Crippen molar-refractivity contribution in [1.29, 1.82) is 0 Å². The fourth-order valence-corrected chi connectivity index (χ4v) is 4.49. The molecule has 5 heteroatoms. The lowest BCUT2D eigenvalue weighted by Crippen LogP contribution is -2.38. The summed E-state index contributed by atoms with van der Waals surface area (Å²) >= 11 is 0. The molecule has 1 aromatic carbocycles. The van der Waals surface area contributed by atoms with Crippen LogP contribution in [0.5, 0.6) is 0 Å². The number of amides is 2. The Hall–Kier alpha value is -2.69. The Bertz CT molecular complexity index is 878. The van der Waals surface area contributed by atoms with Gasteiger partial charge in [0.15, 0.2) is 0 Å². The van der Waals surface area contributed by atoms with E-state index in [-0.39, 0.29) is 35.5 Å². The van der Waals surface area contributed by atoms with Crippen molar-refractivity contribution in [2.24, 2.45) is 28.8 Å². The number of aromatic nitrogens is 1.